The summed E-state index contributed by atoms with van der Waals surface area (Å²) in [6.07, 6.45) is 1.86. The van der Waals surface area contributed by atoms with Crippen LogP contribution in [0.15, 0.2) is 36.4 Å². The van der Waals surface area contributed by atoms with Crippen LogP contribution in [-0.4, -0.2) is 59.0 Å². The molecule has 160 valence electrons. The molecule has 0 aromatic heterocycles. The number of halogens is 2. The number of carbonyl (C=O) groups is 1. The molecule has 2 N–H and O–H groups in total. The molecule has 1 saturated heterocycles. The minimum atomic E-state index is -1.12. The molecule has 2 aromatic carbocycles. The largest absolute Gasteiger partial charge is 0.490 e. The van der Waals surface area contributed by atoms with Gasteiger partial charge in [0.05, 0.1) is 0 Å². The van der Waals surface area contributed by atoms with E-state index in [2.05, 4.69) is 4.90 Å². The molecule has 4 rings (SSSR count). The first-order chi connectivity index (χ1) is 14.3. The van der Waals surface area contributed by atoms with Gasteiger partial charge in [0, 0.05) is 48.9 Å². The van der Waals surface area contributed by atoms with Gasteiger partial charge in [-0.2, -0.15) is 0 Å². The average Bonchev–Trinajstić information content (AvgIpc) is 3.05. The highest BCUT2D eigenvalue weighted by molar-refractivity contribution is 6.31. The minimum absolute atomic E-state index is 0.00396. The lowest BCUT2D eigenvalue weighted by Crippen LogP contribution is -2.49. The van der Waals surface area contributed by atoms with Crippen LogP contribution in [0, 0.1) is 0 Å². The molecule has 1 atom stereocenters. The Morgan fingerprint density at radius 3 is 2.60 bits per heavy atom. The summed E-state index contributed by atoms with van der Waals surface area (Å²) in [4.78, 5) is 13.5. The van der Waals surface area contributed by atoms with E-state index in [0.717, 1.165) is 48.7 Å². The summed E-state index contributed by atoms with van der Waals surface area (Å²) < 4.78 is 11.8. The number of fused-ring (bicyclic) bond motifs is 1. The lowest BCUT2D eigenvalue weighted by Gasteiger charge is -2.39. The summed E-state index contributed by atoms with van der Waals surface area (Å²) in [6.45, 7) is 2.06. The lowest BCUT2D eigenvalue weighted by molar-refractivity contribution is -0.00202. The number of aliphatic hydroxyl groups is 1. The van der Waals surface area contributed by atoms with Crippen LogP contribution in [0.25, 0.3) is 0 Å². The summed E-state index contributed by atoms with van der Waals surface area (Å²) in [5.74, 6) is -0.0139. The van der Waals surface area contributed by atoms with E-state index in [4.69, 9.17) is 32.7 Å². The number of aliphatic hydroxyl groups excluding tert-OH is 1. The summed E-state index contributed by atoms with van der Waals surface area (Å²) in [6, 6.07) is 10.2. The zero-order valence-corrected chi connectivity index (χ0v) is 17.8. The molecule has 8 heteroatoms. The fraction of sp³-hybridized carbons (Fsp3) is 0.409. The minimum Gasteiger partial charge on any atom is -0.490 e. The van der Waals surface area contributed by atoms with Crippen molar-refractivity contribution in [1.29, 1.82) is 0 Å². The van der Waals surface area contributed by atoms with Crippen LogP contribution in [0.4, 0.5) is 0 Å². The quantitative estimate of drug-likeness (QED) is 0.692. The molecule has 2 aliphatic rings. The van der Waals surface area contributed by atoms with Crippen LogP contribution in [0.3, 0.4) is 0 Å². The molecular formula is C22H23Cl2NO5. The third-order valence-corrected chi connectivity index (χ3v) is 6.17. The molecule has 2 aliphatic heterocycles. The van der Waals surface area contributed by atoms with Gasteiger partial charge >= 0.3 is 5.97 Å². The lowest BCUT2D eigenvalue weighted by atomic mass is 9.87. The first-order valence-corrected chi connectivity index (χ1v) is 10.6. The molecule has 1 spiro atoms. The van der Waals surface area contributed by atoms with Crippen molar-refractivity contribution in [2.45, 2.75) is 31.0 Å². The van der Waals surface area contributed by atoms with E-state index in [1.54, 1.807) is 6.07 Å². The Morgan fingerprint density at radius 2 is 1.87 bits per heavy atom. The van der Waals surface area contributed by atoms with Crippen LogP contribution in [0.5, 0.6) is 11.5 Å². The number of piperidine rings is 1. The number of aromatic carboxylic acids is 1. The van der Waals surface area contributed by atoms with E-state index in [9.17, 15) is 15.0 Å². The summed E-state index contributed by atoms with van der Waals surface area (Å²) in [7, 11) is 0. The predicted molar refractivity (Wildman–Crippen MR) is 114 cm³/mol. The van der Waals surface area contributed by atoms with Gasteiger partial charge in [-0.15, -0.1) is 0 Å². The third kappa shape index (κ3) is 4.67. The van der Waals surface area contributed by atoms with E-state index in [1.807, 2.05) is 18.2 Å². The highest BCUT2D eigenvalue weighted by Gasteiger charge is 2.42. The van der Waals surface area contributed by atoms with Crippen LogP contribution < -0.4 is 9.47 Å². The fourth-order valence-electron chi connectivity index (χ4n) is 4.16. The Kier molecular flexibility index (Phi) is 6.11. The van der Waals surface area contributed by atoms with Gasteiger partial charge in [-0.1, -0.05) is 23.2 Å². The monoisotopic (exact) mass is 451 g/mol. The van der Waals surface area contributed by atoms with Crippen molar-refractivity contribution in [3.05, 3.63) is 57.6 Å². The summed E-state index contributed by atoms with van der Waals surface area (Å²) in [5, 5.41) is 20.7. The molecule has 2 heterocycles. The molecule has 0 unspecified atom stereocenters. The zero-order valence-electron chi connectivity index (χ0n) is 16.3. The molecule has 6 nitrogen and oxygen atoms in total. The van der Waals surface area contributed by atoms with E-state index < -0.39 is 12.1 Å². The zero-order chi connectivity index (χ0) is 21.3. The number of hydrogen-bond donors (Lipinski definition) is 2. The number of nitrogens with zero attached hydrogens (tertiary/aromatic N) is 1. The van der Waals surface area contributed by atoms with Crippen LogP contribution in [0.1, 0.15) is 28.8 Å². The van der Waals surface area contributed by atoms with Gasteiger partial charge in [0.25, 0.3) is 0 Å². The topological polar surface area (TPSA) is 79.2 Å². The normalized spacial score (nSPS) is 18.6. The van der Waals surface area contributed by atoms with Gasteiger partial charge in [-0.25, -0.2) is 4.79 Å². The molecule has 0 bridgehead atoms. The van der Waals surface area contributed by atoms with Crippen molar-refractivity contribution < 1.29 is 24.5 Å². The van der Waals surface area contributed by atoms with Crippen molar-refractivity contribution in [2.24, 2.45) is 0 Å². The average molecular weight is 452 g/mol. The third-order valence-electron chi connectivity index (χ3n) is 5.70. The molecular weight excluding hydrogens is 429 g/mol. The maximum Gasteiger partial charge on any atom is 0.339 e. The van der Waals surface area contributed by atoms with Crippen molar-refractivity contribution in [3.63, 3.8) is 0 Å². The highest BCUT2D eigenvalue weighted by Crippen LogP contribution is 2.41. The van der Waals surface area contributed by atoms with E-state index >= 15 is 0 Å². The van der Waals surface area contributed by atoms with Crippen LogP contribution >= 0.6 is 23.2 Å². The highest BCUT2D eigenvalue weighted by atomic mass is 35.5. The van der Waals surface area contributed by atoms with Crippen LogP contribution in [0.2, 0.25) is 10.0 Å². The van der Waals surface area contributed by atoms with Crippen LogP contribution in [-0.2, 0) is 6.42 Å². The van der Waals surface area contributed by atoms with Gasteiger partial charge < -0.3 is 24.6 Å². The number of β-amino-alcohol motifs (C(OH)–C–C–N with tert-alkyl or cyclic N) is 1. The van der Waals surface area contributed by atoms with Gasteiger partial charge in [-0.3, -0.25) is 0 Å². The van der Waals surface area contributed by atoms with Gasteiger partial charge in [-0.05, 0) is 42.0 Å². The maximum atomic E-state index is 11.3. The van der Waals surface area contributed by atoms with Gasteiger partial charge in [0.1, 0.15) is 35.4 Å². The number of carboxylic acid groups (broad SMARTS) is 1. The van der Waals surface area contributed by atoms with E-state index in [-0.39, 0.29) is 23.5 Å². The Morgan fingerprint density at radius 1 is 1.17 bits per heavy atom. The van der Waals surface area contributed by atoms with Crippen molar-refractivity contribution in [2.75, 3.05) is 26.2 Å². The van der Waals surface area contributed by atoms with Crippen molar-refractivity contribution in [3.8, 4) is 11.5 Å². The molecule has 2 aromatic rings. The molecule has 0 saturated carbocycles. The molecule has 30 heavy (non-hydrogen) atoms. The van der Waals surface area contributed by atoms with Crippen molar-refractivity contribution >= 4 is 29.2 Å². The summed E-state index contributed by atoms with van der Waals surface area (Å²) >= 11 is 11.9. The first-order valence-electron chi connectivity index (χ1n) is 9.87. The van der Waals surface area contributed by atoms with Gasteiger partial charge in [0.2, 0.25) is 0 Å². The fourth-order valence-corrected chi connectivity index (χ4v) is 4.52. The number of benzene rings is 2. The number of carboxylic acids is 1. The Balaban J connectivity index is 1.27. The Bertz CT molecular complexity index is 943. The number of ether oxygens (including phenoxy) is 2. The summed E-state index contributed by atoms with van der Waals surface area (Å²) in [5.41, 5.74) is 0.944. The second-order valence-corrected chi connectivity index (χ2v) is 8.80. The molecule has 0 radical (unpaired) electrons. The van der Waals surface area contributed by atoms with E-state index in [0.29, 0.717) is 11.6 Å². The smallest absolute Gasteiger partial charge is 0.339 e. The standard InChI is InChI=1S/C22H23Cl2NO5/c23-15-1-3-19-14(9-15)11-22(30-19)5-7-25(8-6-22)12-17(26)13-29-20-4-2-16(24)10-18(20)21(27)28/h1-4,9-10,17,26H,5-8,11-13H2,(H,27,28)/t17-/m0/s1. The van der Waals surface area contributed by atoms with Crippen molar-refractivity contribution in [1.82, 2.24) is 4.90 Å². The Hall–Kier alpha value is -1.99. The molecule has 0 amide bonds. The molecule has 0 aliphatic carbocycles. The van der Waals surface area contributed by atoms with Gasteiger partial charge in [0.15, 0.2) is 0 Å². The number of hydrogen-bond acceptors (Lipinski definition) is 5. The second kappa shape index (κ2) is 8.63. The maximum absolute atomic E-state index is 11.3. The first kappa shape index (κ1) is 21.2. The number of rotatable bonds is 6. The Labute approximate surface area is 184 Å². The van der Waals surface area contributed by atoms with E-state index in [1.165, 1.54) is 12.1 Å². The SMILES string of the molecule is O=C(O)c1cc(Cl)ccc1OC[C@@H](O)CN1CCC2(CC1)Cc1cc(Cl)ccc1O2. The molecule has 1 fully saturated rings. The number of likely N-dealkylation sites (tertiary alicyclic amines) is 1. The second-order valence-electron chi connectivity index (χ2n) is 7.92. The predicted octanol–water partition coefficient (Wildman–Crippen LogP) is 3.90.